The minimum absolute atomic E-state index is 0.118. The Labute approximate surface area is 480 Å². The van der Waals surface area contributed by atoms with Crippen LogP contribution in [0.15, 0.2) is 283 Å². The van der Waals surface area contributed by atoms with E-state index in [1.165, 1.54) is 131 Å². The summed E-state index contributed by atoms with van der Waals surface area (Å²) in [6.45, 7) is -0.118. The van der Waals surface area contributed by atoms with Crippen LogP contribution in [0.25, 0.3) is 88.7 Å². The Hall–Kier alpha value is -9.90. The van der Waals surface area contributed by atoms with Gasteiger partial charge in [-0.1, -0.05) is 256 Å². The fourth-order valence-corrected chi connectivity index (χ4v) is 14.0. The third kappa shape index (κ3) is 8.04. The van der Waals surface area contributed by atoms with Gasteiger partial charge in [0.2, 0.25) is 0 Å². The Morgan fingerprint density at radius 2 is 0.707 bits per heavy atom. The third-order valence-electron chi connectivity index (χ3n) is 17.8. The largest absolute Gasteiger partial charge is 0.456 e. The van der Waals surface area contributed by atoms with E-state index >= 15 is 0 Å². The maximum Gasteiger partial charge on any atom is 0.252 e. The first-order valence-corrected chi connectivity index (χ1v) is 29.2. The van der Waals surface area contributed by atoms with E-state index in [1.807, 2.05) is 0 Å². The van der Waals surface area contributed by atoms with E-state index in [-0.39, 0.29) is 6.71 Å². The number of hydrogen-bond donors (Lipinski definition) is 0. The highest BCUT2D eigenvalue weighted by molar-refractivity contribution is 7.00. The van der Waals surface area contributed by atoms with Gasteiger partial charge in [-0.2, -0.15) is 0 Å². The summed E-state index contributed by atoms with van der Waals surface area (Å²) in [7, 11) is 0. The summed E-state index contributed by atoms with van der Waals surface area (Å²) in [5.41, 5.74) is 28.3. The lowest BCUT2D eigenvalue weighted by atomic mass is 9.33. The number of furan rings is 1. The molecule has 13 aromatic rings. The molecule has 1 fully saturated rings. The summed E-state index contributed by atoms with van der Waals surface area (Å²) >= 11 is 0. The van der Waals surface area contributed by atoms with Gasteiger partial charge in [-0.15, -0.1) is 0 Å². The summed E-state index contributed by atoms with van der Waals surface area (Å²) in [6.07, 6.45) is 6.04. The molecule has 3 nitrogen and oxygen atoms in total. The number of anilines is 6. The molecule has 388 valence electrons. The van der Waals surface area contributed by atoms with Gasteiger partial charge < -0.3 is 14.2 Å². The molecular formula is C78H57BN2O. The zero-order valence-electron chi connectivity index (χ0n) is 45.6. The van der Waals surface area contributed by atoms with Gasteiger partial charge in [0.15, 0.2) is 0 Å². The summed E-state index contributed by atoms with van der Waals surface area (Å²) in [6, 6.07) is 104. The quantitative estimate of drug-likeness (QED) is 0.134. The Morgan fingerprint density at radius 3 is 1.20 bits per heavy atom. The lowest BCUT2D eigenvalue weighted by Gasteiger charge is -2.46. The van der Waals surface area contributed by atoms with Gasteiger partial charge in [0.1, 0.15) is 11.2 Å². The fourth-order valence-electron chi connectivity index (χ4n) is 14.0. The van der Waals surface area contributed by atoms with Gasteiger partial charge in [0, 0.05) is 55.8 Å². The van der Waals surface area contributed by atoms with Crippen molar-refractivity contribution in [2.24, 2.45) is 0 Å². The van der Waals surface area contributed by atoms with Crippen molar-refractivity contribution in [1.29, 1.82) is 0 Å². The molecule has 3 aliphatic rings. The van der Waals surface area contributed by atoms with E-state index in [0.717, 1.165) is 45.9 Å². The van der Waals surface area contributed by atoms with Crippen molar-refractivity contribution in [2.75, 3.05) is 9.80 Å². The second-order valence-corrected chi connectivity index (χ2v) is 22.5. The highest BCUT2D eigenvalue weighted by atomic mass is 16.3. The third-order valence-corrected chi connectivity index (χ3v) is 17.8. The molecule has 0 atom stereocenters. The zero-order chi connectivity index (χ0) is 54.1. The maximum atomic E-state index is 6.60. The summed E-state index contributed by atoms with van der Waals surface area (Å²) < 4.78 is 6.60. The average Bonchev–Trinajstić information content (AvgIpc) is 2.29. The smallest absolute Gasteiger partial charge is 0.252 e. The zero-order valence-corrected chi connectivity index (χ0v) is 45.6. The summed E-state index contributed by atoms with van der Waals surface area (Å²) in [4.78, 5) is 5.41. The van der Waals surface area contributed by atoms with Crippen molar-refractivity contribution in [3.05, 3.63) is 285 Å². The highest BCUT2D eigenvalue weighted by Crippen LogP contribution is 2.54. The van der Waals surface area contributed by atoms with Crippen LogP contribution in [0.1, 0.15) is 43.6 Å². The molecule has 0 radical (unpaired) electrons. The average molecular weight is 1050 g/mol. The highest BCUT2D eigenvalue weighted by Gasteiger charge is 2.46. The molecule has 12 aromatic carbocycles. The minimum atomic E-state index is -0.118. The first-order valence-electron chi connectivity index (χ1n) is 29.2. The van der Waals surface area contributed by atoms with Gasteiger partial charge in [0.25, 0.3) is 6.71 Å². The fraction of sp³-hybridized carbons (Fsp3) is 0.0769. The molecule has 82 heavy (non-hydrogen) atoms. The molecule has 0 amide bonds. The molecule has 0 N–H and O–H groups in total. The number of rotatable bonds is 9. The molecule has 0 unspecified atom stereocenters. The van der Waals surface area contributed by atoms with Crippen LogP contribution in [0.3, 0.4) is 0 Å². The van der Waals surface area contributed by atoms with Crippen LogP contribution in [0, 0.1) is 0 Å². The van der Waals surface area contributed by atoms with Crippen molar-refractivity contribution >= 4 is 79.2 Å². The van der Waals surface area contributed by atoms with Gasteiger partial charge in [-0.3, -0.25) is 0 Å². The van der Waals surface area contributed by atoms with E-state index in [0.29, 0.717) is 5.92 Å². The number of fused-ring (bicyclic) bond motifs is 7. The van der Waals surface area contributed by atoms with Crippen molar-refractivity contribution in [1.82, 2.24) is 0 Å². The number of hydrogen-bond acceptors (Lipinski definition) is 3. The van der Waals surface area contributed by atoms with Crippen molar-refractivity contribution < 1.29 is 4.42 Å². The van der Waals surface area contributed by atoms with E-state index in [9.17, 15) is 0 Å². The van der Waals surface area contributed by atoms with E-state index in [2.05, 4.69) is 289 Å². The molecular weight excluding hydrogens is 992 g/mol. The van der Waals surface area contributed by atoms with Crippen molar-refractivity contribution in [2.45, 2.75) is 38.0 Å². The molecule has 1 aromatic heterocycles. The van der Waals surface area contributed by atoms with Crippen LogP contribution < -0.4 is 26.2 Å². The predicted molar refractivity (Wildman–Crippen MR) is 346 cm³/mol. The van der Waals surface area contributed by atoms with Crippen LogP contribution in [0.5, 0.6) is 0 Å². The first kappa shape index (κ1) is 48.0. The van der Waals surface area contributed by atoms with Gasteiger partial charge in [-0.05, 0) is 128 Å². The maximum absolute atomic E-state index is 6.60. The van der Waals surface area contributed by atoms with Gasteiger partial charge >= 0.3 is 0 Å². The predicted octanol–water partition coefficient (Wildman–Crippen LogP) is 19.7. The Bertz CT molecular complexity index is 4430. The van der Waals surface area contributed by atoms with Crippen LogP contribution in [0.2, 0.25) is 0 Å². The topological polar surface area (TPSA) is 19.6 Å². The Balaban J connectivity index is 1.05. The molecule has 3 heterocycles. The van der Waals surface area contributed by atoms with Gasteiger partial charge in [-0.25, -0.2) is 0 Å². The molecule has 0 spiro atoms. The lowest BCUT2D eigenvalue weighted by Crippen LogP contribution is -2.61. The van der Waals surface area contributed by atoms with Gasteiger partial charge in [0.05, 0.1) is 11.4 Å². The lowest BCUT2D eigenvalue weighted by molar-refractivity contribution is 0.444. The van der Waals surface area contributed by atoms with Crippen molar-refractivity contribution in [3.8, 4) is 66.8 Å². The molecule has 0 bridgehead atoms. The molecule has 4 heteroatoms. The number of benzene rings is 12. The molecule has 2 aliphatic heterocycles. The second kappa shape index (κ2) is 20.0. The summed E-state index contributed by atoms with van der Waals surface area (Å²) in [5, 5.41) is 2.26. The molecule has 16 rings (SSSR count). The molecule has 1 saturated carbocycles. The molecule has 1 aliphatic carbocycles. The molecule has 0 saturated heterocycles. The Kier molecular flexibility index (Phi) is 11.7. The standard InChI is InChI=1S/C78H57BN2O/c1-7-23-52(24-8-1)58-42-45-68-70(47-58)80(77-62(54-27-11-3-12-28-54)36-21-37-63(77)55-29-13-4-14-30-55)72-49-61(53-25-9-2-10-26-53)50-73-76(72)79(68)69-46-43-59(60-41-44-67-66-35-19-20-40-74(66)82-75(67)51-60)48-71(69)81(73)78-64(56-31-15-5-16-32-56)38-22-39-65(78)57-33-17-6-18-34-57/h1,3-8,11-24,27-51,53H,2,9-10,25-26H2. The first-order chi connectivity index (χ1) is 40.7. The normalized spacial score (nSPS) is 13.7. The van der Waals surface area contributed by atoms with E-state index < -0.39 is 0 Å². The van der Waals surface area contributed by atoms with Crippen LogP contribution in [-0.2, 0) is 0 Å². The monoisotopic (exact) mass is 1050 g/mol. The second-order valence-electron chi connectivity index (χ2n) is 22.5. The van der Waals surface area contributed by atoms with Crippen LogP contribution >= 0.6 is 0 Å². The minimum Gasteiger partial charge on any atom is -0.456 e. The van der Waals surface area contributed by atoms with Crippen LogP contribution in [-0.4, -0.2) is 6.71 Å². The van der Waals surface area contributed by atoms with E-state index in [4.69, 9.17) is 4.42 Å². The number of para-hydroxylation sites is 3. The SMILES string of the molecule is c1ccc(-c2ccc3c(c2)N(c2c(-c4ccccc4)cccc2-c2ccccc2)c2cc(C4CCCCC4)cc4c2B3c2ccc(-c3ccc5c(c3)oc3ccccc35)cc2N4c2c(-c3ccccc3)cccc2-c2ccccc2)cc1. The van der Waals surface area contributed by atoms with Crippen LogP contribution in [0.4, 0.5) is 34.1 Å². The van der Waals surface area contributed by atoms with Crippen molar-refractivity contribution in [3.63, 3.8) is 0 Å². The Morgan fingerprint density at radius 1 is 0.305 bits per heavy atom. The van der Waals surface area contributed by atoms with E-state index in [1.54, 1.807) is 0 Å². The number of nitrogens with zero attached hydrogens (tertiary/aromatic N) is 2. The summed E-state index contributed by atoms with van der Waals surface area (Å²) in [5.74, 6) is 0.397.